The Morgan fingerprint density at radius 2 is 1.86 bits per heavy atom. The lowest BCUT2D eigenvalue weighted by Gasteiger charge is -2.09. The second-order valence-corrected chi connectivity index (χ2v) is 7.72. The molecule has 29 heavy (non-hydrogen) atoms. The zero-order chi connectivity index (χ0) is 21.0. The molecule has 0 bridgehead atoms. The molecule has 2 amide bonds. The topological polar surface area (TPSA) is 88.9 Å². The lowest BCUT2D eigenvalue weighted by molar-refractivity contribution is -0.114. The van der Waals surface area contributed by atoms with Crippen molar-refractivity contribution in [3.8, 4) is 11.4 Å². The lowest BCUT2D eigenvalue weighted by atomic mass is 10.1. The monoisotopic (exact) mass is 409 g/mol. The standard InChI is InChI=1S/C21H23N5O2S/c1-13-8-9-18(14(2)10-13)23-19(28)12-29-21-25-24-20(26(21)4)16-6-5-7-17(11-16)22-15(3)27/h5-11H,12H2,1-4H3,(H,22,27)(H,23,28). The van der Waals surface area contributed by atoms with Crippen LogP contribution in [0.2, 0.25) is 0 Å². The second-order valence-electron chi connectivity index (χ2n) is 6.78. The number of nitrogens with zero attached hydrogens (tertiary/aromatic N) is 3. The van der Waals surface area contributed by atoms with Crippen LogP contribution < -0.4 is 10.6 Å². The SMILES string of the molecule is CC(=O)Nc1cccc(-c2nnc(SCC(=O)Nc3ccc(C)cc3C)n2C)c1. The highest BCUT2D eigenvalue weighted by Crippen LogP contribution is 2.25. The Morgan fingerprint density at radius 1 is 1.07 bits per heavy atom. The third-order valence-corrected chi connectivity index (χ3v) is 5.28. The summed E-state index contributed by atoms with van der Waals surface area (Å²) in [7, 11) is 1.85. The second kappa shape index (κ2) is 8.91. The van der Waals surface area contributed by atoms with Crippen molar-refractivity contribution in [3.05, 3.63) is 53.6 Å². The predicted molar refractivity (Wildman–Crippen MR) is 116 cm³/mol. The Balaban J connectivity index is 1.67. The molecule has 0 unspecified atom stereocenters. The molecule has 2 N–H and O–H groups in total. The largest absolute Gasteiger partial charge is 0.326 e. The Morgan fingerprint density at radius 3 is 2.59 bits per heavy atom. The van der Waals surface area contributed by atoms with Crippen LogP contribution in [-0.4, -0.2) is 32.3 Å². The number of anilines is 2. The lowest BCUT2D eigenvalue weighted by Crippen LogP contribution is -2.15. The molecule has 0 aliphatic carbocycles. The van der Waals surface area contributed by atoms with Crippen LogP contribution in [0.1, 0.15) is 18.1 Å². The minimum Gasteiger partial charge on any atom is -0.326 e. The average molecular weight is 410 g/mol. The Bertz CT molecular complexity index is 1060. The van der Waals surface area contributed by atoms with Crippen LogP contribution in [0.5, 0.6) is 0 Å². The van der Waals surface area contributed by atoms with E-state index in [1.54, 1.807) is 0 Å². The number of rotatable bonds is 6. The van der Waals surface area contributed by atoms with Gasteiger partial charge >= 0.3 is 0 Å². The van der Waals surface area contributed by atoms with Gasteiger partial charge in [0.2, 0.25) is 11.8 Å². The van der Waals surface area contributed by atoms with Gasteiger partial charge in [0.1, 0.15) is 0 Å². The highest BCUT2D eigenvalue weighted by atomic mass is 32.2. The fourth-order valence-electron chi connectivity index (χ4n) is 2.90. The molecule has 0 atom stereocenters. The van der Waals surface area contributed by atoms with E-state index in [1.807, 2.05) is 67.9 Å². The first-order valence-corrected chi connectivity index (χ1v) is 10.1. The zero-order valence-corrected chi connectivity index (χ0v) is 17.6. The van der Waals surface area contributed by atoms with Gasteiger partial charge in [-0.3, -0.25) is 9.59 Å². The molecule has 0 saturated heterocycles. The first kappa shape index (κ1) is 20.6. The fraction of sp³-hybridized carbons (Fsp3) is 0.238. The molecule has 3 rings (SSSR count). The van der Waals surface area contributed by atoms with Crippen LogP contribution in [0.4, 0.5) is 11.4 Å². The summed E-state index contributed by atoms with van der Waals surface area (Å²) in [5, 5.41) is 14.8. The average Bonchev–Trinajstić information content (AvgIpc) is 3.02. The van der Waals surface area contributed by atoms with E-state index in [0.29, 0.717) is 16.7 Å². The molecule has 0 radical (unpaired) electrons. The van der Waals surface area contributed by atoms with Gasteiger partial charge < -0.3 is 15.2 Å². The third kappa shape index (κ3) is 5.23. The highest BCUT2D eigenvalue weighted by Gasteiger charge is 2.14. The van der Waals surface area contributed by atoms with Gasteiger partial charge in [-0.1, -0.05) is 41.6 Å². The van der Waals surface area contributed by atoms with E-state index in [2.05, 4.69) is 20.8 Å². The summed E-state index contributed by atoms with van der Waals surface area (Å²) in [6.07, 6.45) is 0. The van der Waals surface area contributed by atoms with Gasteiger partial charge in [0.15, 0.2) is 11.0 Å². The van der Waals surface area contributed by atoms with Gasteiger partial charge in [-0.05, 0) is 37.6 Å². The van der Waals surface area contributed by atoms with Crippen LogP contribution in [0.3, 0.4) is 0 Å². The number of amides is 2. The van der Waals surface area contributed by atoms with Gasteiger partial charge in [0.25, 0.3) is 0 Å². The Labute approximate surface area is 173 Å². The third-order valence-electron chi connectivity index (χ3n) is 4.26. The van der Waals surface area contributed by atoms with Crippen molar-refractivity contribution in [1.29, 1.82) is 0 Å². The summed E-state index contributed by atoms with van der Waals surface area (Å²) in [4.78, 5) is 23.6. The van der Waals surface area contributed by atoms with E-state index in [1.165, 1.54) is 18.7 Å². The molecule has 0 spiro atoms. The van der Waals surface area contributed by atoms with Crippen molar-refractivity contribution in [2.75, 3.05) is 16.4 Å². The molecule has 7 nitrogen and oxygen atoms in total. The predicted octanol–water partition coefficient (Wildman–Crippen LogP) is 3.79. The number of carbonyl (C=O) groups excluding carboxylic acids is 2. The minimum absolute atomic E-state index is 0.0980. The number of thioether (sulfide) groups is 1. The van der Waals surface area contributed by atoms with Gasteiger partial charge in [0.05, 0.1) is 5.75 Å². The van der Waals surface area contributed by atoms with Crippen LogP contribution in [0.15, 0.2) is 47.6 Å². The van der Waals surface area contributed by atoms with Gasteiger partial charge in [-0.15, -0.1) is 10.2 Å². The number of aromatic nitrogens is 3. The van der Waals surface area contributed by atoms with Crippen LogP contribution in [-0.2, 0) is 16.6 Å². The van der Waals surface area contributed by atoms with Crippen LogP contribution in [0, 0.1) is 13.8 Å². The summed E-state index contributed by atoms with van der Waals surface area (Å²) >= 11 is 1.32. The summed E-state index contributed by atoms with van der Waals surface area (Å²) in [6.45, 7) is 5.46. The molecule has 150 valence electrons. The minimum atomic E-state index is -0.133. The van der Waals surface area contributed by atoms with E-state index in [0.717, 1.165) is 22.4 Å². The molecule has 1 aromatic heterocycles. The maximum Gasteiger partial charge on any atom is 0.234 e. The van der Waals surface area contributed by atoms with Crippen molar-refractivity contribution >= 4 is 35.0 Å². The van der Waals surface area contributed by atoms with Crippen molar-refractivity contribution < 1.29 is 9.59 Å². The number of aryl methyl sites for hydroxylation is 2. The van der Waals surface area contributed by atoms with Crippen molar-refractivity contribution in [2.45, 2.75) is 25.9 Å². The number of nitrogens with one attached hydrogen (secondary N) is 2. The number of hydrogen-bond acceptors (Lipinski definition) is 5. The summed E-state index contributed by atoms with van der Waals surface area (Å²) in [6, 6.07) is 13.3. The molecule has 2 aromatic carbocycles. The molecule has 0 fully saturated rings. The molecule has 0 aliphatic rings. The highest BCUT2D eigenvalue weighted by molar-refractivity contribution is 7.99. The summed E-state index contributed by atoms with van der Waals surface area (Å²) in [5.74, 6) is 0.658. The first-order valence-electron chi connectivity index (χ1n) is 9.11. The van der Waals surface area contributed by atoms with E-state index >= 15 is 0 Å². The molecular formula is C21H23N5O2S. The molecule has 0 aliphatic heterocycles. The smallest absolute Gasteiger partial charge is 0.234 e. The maximum absolute atomic E-state index is 12.3. The fourth-order valence-corrected chi connectivity index (χ4v) is 3.61. The number of benzene rings is 2. The van der Waals surface area contributed by atoms with Crippen molar-refractivity contribution in [2.24, 2.45) is 7.05 Å². The summed E-state index contributed by atoms with van der Waals surface area (Å²) < 4.78 is 1.84. The first-order chi connectivity index (χ1) is 13.8. The van der Waals surface area contributed by atoms with Gasteiger partial charge in [0, 0.05) is 30.9 Å². The quantitative estimate of drug-likeness (QED) is 0.605. The zero-order valence-electron chi connectivity index (χ0n) is 16.8. The molecule has 0 saturated carbocycles. The number of carbonyl (C=O) groups is 2. The molecule has 3 aromatic rings. The van der Waals surface area contributed by atoms with Crippen molar-refractivity contribution in [3.63, 3.8) is 0 Å². The van der Waals surface area contributed by atoms with Gasteiger partial charge in [-0.2, -0.15) is 0 Å². The molecular weight excluding hydrogens is 386 g/mol. The maximum atomic E-state index is 12.3. The normalized spacial score (nSPS) is 10.6. The summed E-state index contributed by atoms with van der Waals surface area (Å²) in [5.41, 5.74) is 4.53. The molecule has 8 heteroatoms. The Hall–Kier alpha value is -3.13. The van der Waals surface area contributed by atoms with E-state index in [-0.39, 0.29) is 17.6 Å². The van der Waals surface area contributed by atoms with Crippen LogP contribution in [0.25, 0.3) is 11.4 Å². The molecule has 1 heterocycles. The van der Waals surface area contributed by atoms with Crippen molar-refractivity contribution in [1.82, 2.24) is 14.8 Å². The van der Waals surface area contributed by atoms with Gasteiger partial charge in [-0.25, -0.2) is 0 Å². The van der Waals surface area contributed by atoms with Crippen LogP contribution >= 0.6 is 11.8 Å². The van der Waals surface area contributed by atoms with E-state index in [9.17, 15) is 9.59 Å². The number of hydrogen-bond donors (Lipinski definition) is 2. The Kier molecular flexibility index (Phi) is 6.33. The van der Waals surface area contributed by atoms with E-state index < -0.39 is 0 Å². The van der Waals surface area contributed by atoms with E-state index in [4.69, 9.17) is 0 Å².